The number of carbonyl (C=O) groups is 2. The number of nitrogens with zero attached hydrogens (tertiary/aromatic N) is 1. The molecule has 0 bridgehead atoms. The summed E-state index contributed by atoms with van der Waals surface area (Å²) in [6.07, 6.45) is -0.0643. The molecule has 1 heterocycles. The monoisotopic (exact) mass is 317 g/mol. The van der Waals surface area contributed by atoms with Crippen LogP contribution in [-0.4, -0.2) is 62.7 Å². The highest BCUT2D eigenvalue weighted by molar-refractivity contribution is 6.76. The summed E-state index contributed by atoms with van der Waals surface area (Å²) in [6, 6.07) is -0.718. The summed E-state index contributed by atoms with van der Waals surface area (Å²) in [5, 5.41) is 0. The van der Waals surface area contributed by atoms with Crippen molar-refractivity contribution in [2.24, 2.45) is 0 Å². The van der Waals surface area contributed by atoms with Gasteiger partial charge in [-0.3, -0.25) is 4.90 Å². The Balaban J connectivity index is 2.68. The van der Waals surface area contributed by atoms with Gasteiger partial charge in [-0.1, -0.05) is 19.6 Å². The first-order valence-corrected chi connectivity index (χ1v) is 10.9. The molecule has 1 amide bonds. The Morgan fingerprint density at radius 3 is 2.43 bits per heavy atom. The van der Waals surface area contributed by atoms with E-state index in [1.807, 2.05) is 0 Å². The number of morpholine rings is 1. The maximum atomic E-state index is 12.2. The second kappa shape index (κ2) is 6.78. The van der Waals surface area contributed by atoms with E-state index >= 15 is 0 Å². The summed E-state index contributed by atoms with van der Waals surface area (Å²) >= 11 is 0. The van der Waals surface area contributed by atoms with Crippen molar-refractivity contribution in [2.45, 2.75) is 52.1 Å². The summed E-state index contributed by atoms with van der Waals surface area (Å²) in [5.74, 6) is -0.414. The molecule has 1 rings (SSSR count). The molecule has 0 aromatic rings. The number of hydrogen-bond acceptors (Lipinski definition) is 5. The first-order valence-electron chi connectivity index (χ1n) is 7.24. The van der Waals surface area contributed by atoms with Crippen LogP contribution in [0.15, 0.2) is 0 Å². The fourth-order valence-electron chi connectivity index (χ4n) is 1.72. The van der Waals surface area contributed by atoms with Gasteiger partial charge < -0.3 is 14.2 Å². The van der Waals surface area contributed by atoms with Crippen molar-refractivity contribution >= 4 is 20.1 Å². The van der Waals surface area contributed by atoms with Crippen LogP contribution in [0.3, 0.4) is 0 Å². The summed E-state index contributed by atoms with van der Waals surface area (Å²) in [7, 11) is -1.49. The molecule has 7 heteroatoms. The van der Waals surface area contributed by atoms with E-state index < -0.39 is 31.8 Å². The number of ether oxygens (including phenoxy) is 3. The Bertz CT molecular complexity index is 386. The summed E-state index contributed by atoms with van der Waals surface area (Å²) in [4.78, 5) is 25.8. The van der Waals surface area contributed by atoms with Crippen molar-refractivity contribution in [3.05, 3.63) is 0 Å². The lowest BCUT2D eigenvalue weighted by Gasteiger charge is -2.35. The average Bonchev–Trinajstić information content (AvgIpc) is 2.33. The quantitative estimate of drug-likeness (QED) is 0.589. The van der Waals surface area contributed by atoms with Gasteiger partial charge in [-0.15, -0.1) is 0 Å². The van der Waals surface area contributed by atoms with Gasteiger partial charge in [0.2, 0.25) is 0 Å². The molecule has 0 aromatic heterocycles. The van der Waals surface area contributed by atoms with E-state index in [0.717, 1.165) is 0 Å². The van der Waals surface area contributed by atoms with E-state index in [9.17, 15) is 9.59 Å². The van der Waals surface area contributed by atoms with E-state index in [4.69, 9.17) is 14.2 Å². The number of rotatable bonds is 3. The highest BCUT2D eigenvalue weighted by Crippen LogP contribution is 2.16. The highest BCUT2D eigenvalue weighted by atomic mass is 28.3. The molecule has 1 atom stereocenters. The second-order valence-corrected chi connectivity index (χ2v) is 12.8. The van der Waals surface area contributed by atoms with Crippen LogP contribution in [0.1, 0.15) is 20.8 Å². The van der Waals surface area contributed by atoms with Crippen LogP contribution >= 0.6 is 0 Å². The van der Waals surface area contributed by atoms with Gasteiger partial charge in [0.25, 0.3) is 0 Å². The van der Waals surface area contributed by atoms with Gasteiger partial charge in [-0.25, -0.2) is 9.59 Å². The first-order chi connectivity index (χ1) is 9.49. The minimum Gasteiger partial charge on any atom is -0.468 e. The molecule has 1 aliphatic rings. The zero-order chi connectivity index (χ0) is 16.3. The normalized spacial score (nSPS) is 20.1. The Morgan fingerprint density at radius 1 is 1.29 bits per heavy atom. The first kappa shape index (κ1) is 18.0. The van der Waals surface area contributed by atoms with Gasteiger partial charge in [-0.05, 0) is 20.8 Å². The minimum atomic E-state index is -1.49. The maximum Gasteiger partial charge on any atom is 0.411 e. The third kappa shape index (κ3) is 6.47. The van der Waals surface area contributed by atoms with Gasteiger partial charge in [0.15, 0.2) is 6.04 Å². The van der Waals surface area contributed by atoms with Gasteiger partial charge >= 0.3 is 12.1 Å². The Morgan fingerprint density at radius 2 is 1.90 bits per heavy atom. The van der Waals surface area contributed by atoms with Crippen LogP contribution in [0, 0.1) is 0 Å². The molecule has 0 N–H and O–H groups in total. The summed E-state index contributed by atoms with van der Waals surface area (Å²) in [5.41, 5.74) is -0.595. The van der Waals surface area contributed by atoms with Crippen molar-refractivity contribution in [2.75, 3.05) is 26.0 Å². The zero-order valence-electron chi connectivity index (χ0n) is 13.9. The lowest BCUT2D eigenvalue weighted by atomic mass is 10.2. The van der Waals surface area contributed by atoms with Crippen LogP contribution in [0.2, 0.25) is 19.6 Å². The Labute approximate surface area is 127 Å². The van der Waals surface area contributed by atoms with Gasteiger partial charge in [-0.2, -0.15) is 0 Å². The Kier molecular flexibility index (Phi) is 5.80. The highest BCUT2D eigenvalue weighted by Gasteiger charge is 2.37. The number of amides is 1. The molecule has 0 spiro atoms. The van der Waals surface area contributed by atoms with Gasteiger partial charge in [0.05, 0.1) is 27.5 Å². The van der Waals surface area contributed by atoms with E-state index in [0.29, 0.717) is 19.4 Å². The third-order valence-electron chi connectivity index (χ3n) is 2.68. The summed E-state index contributed by atoms with van der Waals surface area (Å²) in [6.45, 7) is 12.6. The van der Waals surface area contributed by atoms with Crippen molar-refractivity contribution in [1.82, 2.24) is 4.90 Å². The van der Waals surface area contributed by atoms with Crippen LogP contribution < -0.4 is 0 Å². The van der Waals surface area contributed by atoms with Crippen LogP contribution in [0.5, 0.6) is 0 Å². The van der Waals surface area contributed by atoms with Gasteiger partial charge in [0.1, 0.15) is 5.60 Å². The molecule has 0 aromatic carbocycles. The standard InChI is InChI=1S/C14H27NO5Si/c1-14(2,3)20-13(17)15-7-8-18-9-11(15)12(16)19-10-21(4,5)6/h11H,7-10H2,1-6H3/t11-/m1/s1. The molecular formula is C14H27NO5Si. The van der Waals surface area contributed by atoms with Crippen LogP contribution in [0.4, 0.5) is 4.79 Å². The molecule has 0 aliphatic carbocycles. The molecule has 1 aliphatic heterocycles. The lowest BCUT2D eigenvalue weighted by Crippen LogP contribution is -2.54. The molecule has 0 radical (unpaired) electrons. The van der Waals surface area contributed by atoms with E-state index in [2.05, 4.69) is 19.6 Å². The van der Waals surface area contributed by atoms with E-state index in [1.54, 1.807) is 20.8 Å². The van der Waals surface area contributed by atoms with Crippen LogP contribution in [0.25, 0.3) is 0 Å². The van der Waals surface area contributed by atoms with Crippen molar-refractivity contribution in [3.8, 4) is 0 Å². The van der Waals surface area contributed by atoms with Crippen molar-refractivity contribution < 1.29 is 23.8 Å². The second-order valence-electron chi connectivity index (χ2n) is 7.43. The topological polar surface area (TPSA) is 65.1 Å². The van der Waals surface area contributed by atoms with Crippen molar-refractivity contribution in [3.63, 3.8) is 0 Å². The van der Waals surface area contributed by atoms with E-state index in [1.165, 1.54) is 4.90 Å². The lowest BCUT2D eigenvalue weighted by molar-refractivity contribution is -0.154. The molecule has 0 saturated carbocycles. The van der Waals surface area contributed by atoms with Crippen LogP contribution in [-0.2, 0) is 19.0 Å². The number of esters is 1. The number of carbonyl (C=O) groups excluding carboxylic acids is 2. The minimum absolute atomic E-state index is 0.157. The largest absolute Gasteiger partial charge is 0.468 e. The smallest absolute Gasteiger partial charge is 0.411 e. The molecule has 1 saturated heterocycles. The molecular weight excluding hydrogens is 290 g/mol. The Hall–Kier alpha value is -1.08. The number of hydrogen-bond donors (Lipinski definition) is 0. The fraction of sp³-hybridized carbons (Fsp3) is 0.857. The third-order valence-corrected chi connectivity index (χ3v) is 3.69. The predicted octanol–water partition coefficient (Wildman–Crippen LogP) is 2.04. The van der Waals surface area contributed by atoms with Gasteiger partial charge in [0, 0.05) is 6.54 Å². The molecule has 6 nitrogen and oxygen atoms in total. The predicted molar refractivity (Wildman–Crippen MR) is 81.9 cm³/mol. The average molecular weight is 317 g/mol. The van der Waals surface area contributed by atoms with Crippen molar-refractivity contribution in [1.29, 1.82) is 0 Å². The van der Waals surface area contributed by atoms with E-state index in [-0.39, 0.29) is 6.61 Å². The molecule has 0 unspecified atom stereocenters. The fourth-order valence-corrected chi connectivity index (χ4v) is 2.30. The molecule has 21 heavy (non-hydrogen) atoms. The summed E-state index contributed by atoms with van der Waals surface area (Å²) < 4.78 is 16.0. The molecule has 122 valence electrons. The molecule has 1 fully saturated rings. The zero-order valence-corrected chi connectivity index (χ0v) is 14.9. The SMILES string of the molecule is CC(C)(C)OC(=O)N1CCOC[C@@H]1C(=O)OC[Si](C)(C)C. The maximum absolute atomic E-state index is 12.2.